The maximum atomic E-state index is 12.5. The molecule has 9 nitrogen and oxygen atoms in total. The van der Waals surface area contributed by atoms with Crippen molar-refractivity contribution < 1.29 is 14.3 Å². The van der Waals surface area contributed by atoms with Crippen molar-refractivity contribution in [1.29, 1.82) is 0 Å². The first-order valence-corrected chi connectivity index (χ1v) is 9.58. The van der Waals surface area contributed by atoms with Crippen LogP contribution in [-0.4, -0.2) is 38.7 Å². The number of methoxy groups -OCH3 is 1. The van der Waals surface area contributed by atoms with E-state index < -0.39 is 12.0 Å². The number of hydrogen-bond acceptors (Lipinski definition) is 6. The normalized spacial score (nSPS) is 10.7. The van der Waals surface area contributed by atoms with Gasteiger partial charge in [-0.25, -0.2) is 19.0 Å². The zero-order valence-corrected chi connectivity index (χ0v) is 17.3. The molecule has 4 aromatic rings. The first kappa shape index (κ1) is 20.3. The van der Waals surface area contributed by atoms with Crippen LogP contribution < -0.4 is 10.6 Å². The minimum Gasteiger partial charge on any atom is -0.464 e. The Kier molecular flexibility index (Phi) is 5.50. The number of nitrogens with zero attached hydrogens (tertiary/aromatic N) is 4. The number of benzene rings is 2. The number of carbonyl (C=O) groups excluding carboxylic acids is 2. The molecule has 4 rings (SSSR count). The Morgan fingerprint density at radius 3 is 2.39 bits per heavy atom. The first-order chi connectivity index (χ1) is 15.0. The molecule has 2 aromatic carbocycles. The number of rotatable bonds is 4. The molecule has 0 radical (unpaired) electrons. The Bertz CT molecular complexity index is 1270. The number of halogens is 1. The fourth-order valence-corrected chi connectivity index (χ4v) is 3.26. The van der Waals surface area contributed by atoms with E-state index >= 15 is 0 Å². The number of amides is 2. The second-order valence-corrected chi connectivity index (χ2v) is 6.97. The first-order valence-electron chi connectivity index (χ1n) is 9.21. The van der Waals surface area contributed by atoms with Crippen LogP contribution in [0.5, 0.6) is 0 Å². The van der Waals surface area contributed by atoms with E-state index in [-0.39, 0.29) is 17.4 Å². The standard InChI is InChI=1S/C21H17ClN6O3/c1-12-16(18(29)31-2)24-19-26-27-20(28(19)17(12)13-6-4-3-5-7-13)25-21(30)23-15-10-8-14(22)9-11-15/h3-11H,1-2H3,(H2,23,25,27,30). The Balaban J connectivity index is 1.78. The van der Waals surface area contributed by atoms with Gasteiger partial charge >= 0.3 is 12.0 Å². The molecular formula is C21H17ClN6O3. The molecule has 0 spiro atoms. The van der Waals surface area contributed by atoms with E-state index in [1.54, 1.807) is 35.6 Å². The molecule has 0 aliphatic heterocycles. The quantitative estimate of drug-likeness (QED) is 0.464. The summed E-state index contributed by atoms with van der Waals surface area (Å²) in [5.74, 6) is -0.297. The van der Waals surface area contributed by atoms with Gasteiger partial charge in [-0.15, -0.1) is 10.2 Å². The highest BCUT2D eigenvalue weighted by atomic mass is 35.5. The Labute approximate surface area is 182 Å². The molecular weight excluding hydrogens is 420 g/mol. The monoisotopic (exact) mass is 436 g/mol. The van der Waals surface area contributed by atoms with E-state index in [2.05, 4.69) is 25.8 Å². The van der Waals surface area contributed by atoms with Crippen molar-refractivity contribution in [2.75, 3.05) is 17.7 Å². The molecule has 156 valence electrons. The van der Waals surface area contributed by atoms with Crippen LogP contribution in [0.25, 0.3) is 17.0 Å². The largest absolute Gasteiger partial charge is 0.464 e. The third-order valence-corrected chi connectivity index (χ3v) is 4.80. The number of fused-ring (bicyclic) bond motifs is 1. The van der Waals surface area contributed by atoms with Crippen molar-refractivity contribution in [1.82, 2.24) is 19.6 Å². The van der Waals surface area contributed by atoms with Crippen LogP contribution in [0.1, 0.15) is 16.1 Å². The van der Waals surface area contributed by atoms with Crippen molar-refractivity contribution in [3.8, 4) is 11.3 Å². The smallest absolute Gasteiger partial charge is 0.357 e. The van der Waals surface area contributed by atoms with Gasteiger partial charge < -0.3 is 10.1 Å². The van der Waals surface area contributed by atoms with Crippen LogP contribution in [0, 0.1) is 6.92 Å². The Morgan fingerprint density at radius 1 is 1.00 bits per heavy atom. The molecule has 31 heavy (non-hydrogen) atoms. The number of anilines is 2. The minimum absolute atomic E-state index is 0.124. The zero-order chi connectivity index (χ0) is 22.0. The molecule has 2 N–H and O–H groups in total. The van der Waals surface area contributed by atoms with Crippen molar-refractivity contribution >= 4 is 41.0 Å². The van der Waals surface area contributed by atoms with Gasteiger partial charge in [0.15, 0.2) is 5.69 Å². The maximum absolute atomic E-state index is 12.5. The van der Waals surface area contributed by atoms with Crippen molar-refractivity contribution in [3.63, 3.8) is 0 Å². The summed E-state index contributed by atoms with van der Waals surface area (Å²) in [4.78, 5) is 29.1. The van der Waals surface area contributed by atoms with Crippen LogP contribution in [0.3, 0.4) is 0 Å². The van der Waals surface area contributed by atoms with Crippen molar-refractivity contribution in [2.24, 2.45) is 0 Å². The molecule has 0 aliphatic rings. The highest BCUT2D eigenvalue weighted by molar-refractivity contribution is 6.30. The van der Waals surface area contributed by atoms with E-state index in [1.165, 1.54) is 7.11 Å². The maximum Gasteiger partial charge on any atom is 0.357 e. The zero-order valence-electron chi connectivity index (χ0n) is 16.6. The van der Waals surface area contributed by atoms with Crippen LogP contribution in [0.2, 0.25) is 5.02 Å². The van der Waals surface area contributed by atoms with Gasteiger partial charge in [0.1, 0.15) is 0 Å². The van der Waals surface area contributed by atoms with E-state index in [0.29, 0.717) is 22.0 Å². The van der Waals surface area contributed by atoms with Gasteiger partial charge in [-0.2, -0.15) is 0 Å². The topological polar surface area (TPSA) is 111 Å². The second-order valence-electron chi connectivity index (χ2n) is 6.54. The molecule has 0 unspecified atom stereocenters. The average Bonchev–Trinajstić information content (AvgIpc) is 3.17. The number of esters is 1. The molecule has 0 saturated heterocycles. The summed E-state index contributed by atoms with van der Waals surface area (Å²) in [6.45, 7) is 1.75. The van der Waals surface area contributed by atoms with E-state index in [1.807, 2.05) is 30.3 Å². The van der Waals surface area contributed by atoms with E-state index in [4.69, 9.17) is 16.3 Å². The number of aromatic nitrogens is 4. The second kappa shape index (κ2) is 8.41. The summed E-state index contributed by atoms with van der Waals surface area (Å²) in [6.07, 6.45) is 0. The molecule has 0 bridgehead atoms. The van der Waals surface area contributed by atoms with Gasteiger partial charge in [0, 0.05) is 16.3 Å². The summed E-state index contributed by atoms with van der Waals surface area (Å²) < 4.78 is 6.44. The predicted octanol–water partition coefficient (Wildman–Crippen LogP) is 4.18. The fourth-order valence-electron chi connectivity index (χ4n) is 3.13. The van der Waals surface area contributed by atoms with Gasteiger partial charge in [-0.1, -0.05) is 41.9 Å². The van der Waals surface area contributed by atoms with Crippen molar-refractivity contribution in [3.05, 3.63) is 70.9 Å². The number of nitrogens with one attached hydrogen (secondary N) is 2. The molecule has 0 atom stereocenters. The number of hydrogen-bond donors (Lipinski definition) is 2. The average molecular weight is 437 g/mol. The Morgan fingerprint density at radius 2 is 1.71 bits per heavy atom. The molecule has 10 heteroatoms. The lowest BCUT2D eigenvalue weighted by molar-refractivity contribution is 0.0593. The third kappa shape index (κ3) is 4.03. The molecule has 0 saturated carbocycles. The van der Waals surface area contributed by atoms with Crippen LogP contribution in [0.15, 0.2) is 54.6 Å². The van der Waals surface area contributed by atoms with Crippen LogP contribution >= 0.6 is 11.6 Å². The molecule has 2 heterocycles. The lowest BCUT2D eigenvalue weighted by Gasteiger charge is -2.14. The summed E-state index contributed by atoms with van der Waals surface area (Å²) in [5, 5.41) is 14.0. The summed E-state index contributed by atoms with van der Waals surface area (Å²) in [6, 6.07) is 15.5. The van der Waals surface area contributed by atoms with E-state index in [0.717, 1.165) is 5.56 Å². The van der Waals surface area contributed by atoms with E-state index in [9.17, 15) is 9.59 Å². The summed E-state index contributed by atoms with van der Waals surface area (Å²) in [5.41, 5.74) is 2.64. The summed E-state index contributed by atoms with van der Waals surface area (Å²) in [7, 11) is 1.29. The van der Waals surface area contributed by atoms with Crippen LogP contribution in [-0.2, 0) is 4.74 Å². The fraction of sp³-hybridized carbons (Fsp3) is 0.0952. The third-order valence-electron chi connectivity index (χ3n) is 4.55. The molecule has 0 fully saturated rings. The molecule has 2 aromatic heterocycles. The number of urea groups is 1. The lowest BCUT2D eigenvalue weighted by atomic mass is 10.1. The van der Waals surface area contributed by atoms with Gasteiger partial charge in [0.05, 0.1) is 12.8 Å². The van der Waals surface area contributed by atoms with Crippen LogP contribution in [0.4, 0.5) is 16.4 Å². The van der Waals surface area contributed by atoms with Gasteiger partial charge in [0.2, 0.25) is 5.95 Å². The predicted molar refractivity (Wildman–Crippen MR) is 116 cm³/mol. The Hall–Kier alpha value is -3.98. The molecule has 0 aliphatic carbocycles. The highest BCUT2D eigenvalue weighted by Gasteiger charge is 2.23. The molecule has 2 amide bonds. The SMILES string of the molecule is COC(=O)c1nc2nnc(NC(=O)Nc3ccc(Cl)cc3)n2c(-c2ccccc2)c1C. The number of ether oxygens (including phenoxy) is 1. The minimum atomic E-state index is -0.588. The van der Waals surface area contributed by atoms with Gasteiger partial charge in [-0.3, -0.25) is 5.32 Å². The van der Waals surface area contributed by atoms with Gasteiger partial charge in [0.25, 0.3) is 5.78 Å². The van der Waals surface area contributed by atoms with Gasteiger partial charge in [-0.05, 0) is 36.8 Å². The lowest BCUT2D eigenvalue weighted by Crippen LogP contribution is -2.21. The van der Waals surface area contributed by atoms with Crippen molar-refractivity contribution in [2.45, 2.75) is 6.92 Å². The highest BCUT2D eigenvalue weighted by Crippen LogP contribution is 2.28. The summed E-state index contributed by atoms with van der Waals surface area (Å²) >= 11 is 5.87. The number of carbonyl (C=O) groups is 2.